The highest BCUT2D eigenvalue weighted by Crippen LogP contribution is 2.34. The van der Waals surface area contributed by atoms with Gasteiger partial charge in [-0.05, 0) is 6.42 Å². The van der Waals surface area contributed by atoms with Gasteiger partial charge in [-0.15, -0.1) is 0 Å². The quantitative estimate of drug-likeness (QED) is 0.0965. The Morgan fingerprint density at radius 1 is 0.429 bits per heavy atom. The van der Waals surface area contributed by atoms with Gasteiger partial charge in [0.25, 0.3) is 0 Å². The van der Waals surface area contributed by atoms with Gasteiger partial charge in [0.2, 0.25) is 0 Å². The Hall–Kier alpha value is -4.49. The van der Waals surface area contributed by atoms with Crippen LogP contribution in [0.2, 0.25) is 0 Å². The number of alkyl halides is 16. The zero-order valence-corrected chi connectivity index (χ0v) is 37.6. The highest BCUT2D eigenvalue weighted by Gasteiger charge is 2.55. The van der Waals surface area contributed by atoms with Gasteiger partial charge in [0.05, 0.1) is 24.8 Å². The molecular formula is C33H49F16N5O23. The Balaban J connectivity index is 0. The topological polar surface area (TPSA) is 514 Å². The number of aliphatic hydroxyl groups excluding tert-OH is 7. The normalized spacial score (nSPS) is 34.5. The standard InChI is InChI=1S/C23H44FN5O13.5C2HF3O2/c24-2-7-13(32)15(34)10(28)21(37-7)40-18-6(27)1-5(26)12(31)20(18)42-23-17(36)19(9(4-30)39-23)41-22-11(29)16(35)14(33)8(3-25)38-22;5*3-2(4,5)1(6)7/h5-23,30-36H,1-4,25-29H2;5*(H,6,7)/t5-,6+,7-,8-,9-,10-,11+,12+,13-,14+,15-,16+,17-,18-,19-,20-,21-,22+,23+;;;;;/m1...../s1. The number of ether oxygens (including phenoxy) is 6. The summed E-state index contributed by atoms with van der Waals surface area (Å²) in [6.45, 7) is -2.00. The first-order valence-electron chi connectivity index (χ1n) is 20.0. The smallest absolute Gasteiger partial charge is 0.475 e. The van der Waals surface area contributed by atoms with Crippen LogP contribution in [0.4, 0.5) is 70.2 Å². The summed E-state index contributed by atoms with van der Waals surface area (Å²) in [5, 5.41) is 108. The van der Waals surface area contributed by atoms with Gasteiger partial charge in [-0.25, -0.2) is 28.4 Å². The Morgan fingerprint density at radius 3 is 1.01 bits per heavy atom. The average Bonchev–Trinajstić information content (AvgIpc) is 3.58. The molecule has 28 nitrogen and oxygen atoms in total. The molecule has 4 aliphatic rings. The fraction of sp³-hybridized carbons (Fsp3) is 0.848. The number of hydrogen-bond donors (Lipinski definition) is 17. The largest absolute Gasteiger partial charge is 0.490 e. The fourth-order valence-corrected chi connectivity index (χ4v) is 5.68. The van der Waals surface area contributed by atoms with E-state index in [1.54, 1.807) is 0 Å². The van der Waals surface area contributed by atoms with Crippen molar-refractivity contribution < 1.29 is 184 Å². The van der Waals surface area contributed by atoms with Crippen LogP contribution >= 0.6 is 0 Å². The zero-order valence-electron chi connectivity index (χ0n) is 37.6. The van der Waals surface area contributed by atoms with E-state index in [1.807, 2.05) is 0 Å². The molecule has 19 atom stereocenters. The van der Waals surface area contributed by atoms with E-state index in [0.717, 1.165) is 0 Å². The summed E-state index contributed by atoms with van der Waals surface area (Å²) in [5.74, 6) is -13.8. The monoisotopic (exact) mass is 1190 g/mol. The van der Waals surface area contributed by atoms with Crippen molar-refractivity contribution in [2.45, 2.75) is 154 Å². The Labute approximate surface area is 416 Å². The first-order chi connectivity index (χ1) is 34.6. The molecule has 0 aromatic rings. The predicted molar refractivity (Wildman–Crippen MR) is 204 cm³/mol. The highest BCUT2D eigenvalue weighted by atomic mass is 19.4. The molecule has 4 fully saturated rings. The summed E-state index contributed by atoms with van der Waals surface area (Å²) in [7, 11) is 0. The lowest BCUT2D eigenvalue weighted by Crippen LogP contribution is -2.68. The number of carboxylic acids is 5. The van der Waals surface area contributed by atoms with Crippen molar-refractivity contribution in [3.63, 3.8) is 0 Å². The molecule has 0 radical (unpaired) electrons. The molecule has 3 aliphatic heterocycles. The average molecular weight is 1190 g/mol. The van der Waals surface area contributed by atoms with Crippen LogP contribution in [0.25, 0.3) is 0 Å². The van der Waals surface area contributed by atoms with Crippen LogP contribution in [0.1, 0.15) is 6.42 Å². The molecule has 44 heteroatoms. The van der Waals surface area contributed by atoms with Gasteiger partial charge in [-0.1, -0.05) is 0 Å². The Bertz CT molecular complexity index is 1700. The van der Waals surface area contributed by atoms with Crippen molar-refractivity contribution in [1.82, 2.24) is 0 Å². The molecule has 456 valence electrons. The van der Waals surface area contributed by atoms with E-state index in [9.17, 15) is 106 Å². The van der Waals surface area contributed by atoms with E-state index in [0.29, 0.717) is 0 Å². The number of aliphatic hydroxyl groups is 7. The van der Waals surface area contributed by atoms with Crippen LogP contribution in [0.15, 0.2) is 0 Å². The van der Waals surface area contributed by atoms with E-state index < -0.39 is 190 Å². The van der Waals surface area contributed by atoms with Crippen molar-refractivity contribution in [3.8, 4) is 0 Å². The van der Waals surface area contributed by atoms with Crippen molar-refractivity contribution in [2.75, 3.05) is 19.8 Å². The summed E-state index contributed by atoms with van der Waals surface area (Å²) in [4.78, 5) is 44.5. The maximum Gasteiger partial charge on any atom is 0.490 e. The van der Waals surface area contributed by atoms with E-state index in [4.69, 9.17) is 107 Å². The molecule has 0 amide bonds. The van der Waals surface area contributed by atoms with Crippen LogP contribution in [0.3, 0.4) is 0 Å². The highest BCUT2D eigenvalue weighted by molar-refractivity contribution is 5.74. The van der Waals surface area contributed by atoms with Gasteiger partial charge in [0, 0.05) is 18.6 Å². The van der Waals surface area contributed by atoms with E-state index in [1.165, 1.54) is 0 Å². The Morgan fingerprint density at radius 2 is 0.714 bits per heavy atom. The number of hydrogen-bond acceptors (Lipinski definition) is 23. The van der Waals surface area contributed by atoms with Crippen molar-refractivity contribution in [2.24, 2.45) is 28.7 Å². The van der Waals surface area contributed by atoms with Gasteiger partial charge in [0.1, 0.15) is 73.8 Å². The number of nitrogens with two attached hydrogens (primary N) is 5. The maximum absolute atomic E-state index is 13.4. The lowest BCUT2D eigenvalue weighted by Gasteiger charge is -2.47. The summed E-state index contributed by atoms with van der Waals surface area (Å²) in [6, 6.07) is -4.42. The van der Waals surface area contributed by atoms with Gasteiger partial charge in [-0.2, -0.15) is 65.9 Å². The number of halogens is 16. The molecule has 0 aromatic carbocycles. The van der Waals surface area contributed by atoms with E-state index >= 15 is 0 Å². The van der Waals surface area contributed by atoms with E-state index in [-0.39, 0.29) is 13.0 Å². The number of rotatable bonds is 9. The van der Waals surface area contributed by atoms with Gasteiger partial charge >= 0.3 is 60.7 Å². The second-order valence-electron chi connectivity index (χ2n) is 15.2. The molecule has 77 heavy (non-hydrogen) atoms. The first kappa shape index (κ1) is 74.6. The third-order valence-electron chi connectivity index (χ3n) is 9.50. The van der Waals surface area contributed by atoms with Gasteiger partial charge < -0.3 is 118 Å². The molecule has 0 unspecified atom stereocenters. The number of aliphatic carboxylic acids is 5. The van der Waals surface area contributed by atoms with Gasteiger partial charge in [-0.3, -0.25) is 0 Å². The first-order valence-corrected chi connectivity index (χ1v) is 20.0. The van der Waals surface area contributed by atoms with Gasteiger partial charge in [0.15, 0.2) is 18.9 Å². The number of carbonyl (C=O) groups is 5. The molecule has 1 saturated carbocycles. The second-order valence-corrected chi connectivity index (χ2v) is 15.2. The lowest BCUT2D eigenvalue weighted by molar-refractivity contribution is -0.309. The minimum absolute atomic E-state index is 0.0395. The fourth-order valence-electron chi connectivity index (χ4n) is 5.68. The van der Waals surface area contributed by atoms with Crippen LogP contribution in [-0.2, 0) is 52.4 Å². The second kappa shape index (κ2) is 30.8. The molecule has 0 aromatic heterocycles. The Kier molecular flexibility index (Phi) is 29.8. The SMILES string of the molecule is NC[C@H]1O[C@@H](O[C@H]2[C@@H](O)[C@H](O[C@@H]3[C@@H](O)[C@H](N)C[C@H](N)[C@H]3O[C@H]3O[C@H](CF)[C@@H](O)[C@H](O)[C@H]3N)O[C@@H]2CO)[C@@H](N)[C@H](O)[C@H]1O.O=C(O)C(F)(F)F.O=C(O)C(F)(F)F.O=C(O)C(F)(F)F.O=C(O)C(F)(F)F.O=C(O)C(F)(F)F. The van der Waals surface area contributed by atoms with Crippen molar-refractivity contribution >= 4 is 29.8 Å². The van der Waals surface area contributed by atoms with Crippen LogP contribution in [0, 0.1) is 0 Å². The molecule has 4 rings (SSSR count). The summed E-state index contributed by atoms with van der Waals surface area (Å²) in [5.41, 5.74) is 29.8. The van der Waals surface area contributed by atoms with Crippen molar-refractivity contribution in [1.29, 1.82) is 0 Å². The summed E-state index contributed by atoms with van der Waals surface area (Å²) in [6.07, 6.45) is -46.6. The minimum Gasteiger partial charge on any atom is -0.475 e. The lowest BCUT2D eigenvalue weighted by atomic mass is 9.84. The third kappa shape index (κ3) is 24.2. The minimum atomic E-state index is -5.08. The molecule has 0 spiro atoms. The van der Waals surface area contributed by atoms with Crippen LogP contribution in [-0.4, -0.2) is 258 Å². The molecule has 3 heterocycles. The third-order valence-corrected chi connectivity index (χ3v) is 9.50. The summed E-state index contributed by atoms with van der Waals surface area (Å²) >= 11 is 0. The van der Waals surface area contributed by atoms with E-state index in [2.05, 4.69) is 0 Å². The maximum atomic E-state index is 13.4. The van der Waals surface area contributed by atoms with Crippen LogP contribution < -0.4 is 28.7 Å². The molecular weight excluding hydrogens is 1140 g/mol. The zero-order chi connectivity index (χ0) is 61.4. The number of carboxylic acid groups (broad SMARTS) is 5. The molecule has 22 N–H and O–H groups in total. The molecule has 3 saturated heterocycles. The van der Waals surface area contributed by atoms with Crippen LogP contribution in [0.5, 0.6) is 0 Å². The molecule has 1 aliphatic carbocycles. The molecule has 0 bridgehead atoms. The predicted octanol–water partition coefficient (Wildman–Crippen LogP) is -4.72. The summed E-state index contributed by atoms with van der Waals surface area (Å²) < 4.78 is 206. The van der Waals surface area contributed by atoms with Crippen molar-refractivity contribution in [3.05, 3.63) is 0 Å².